The number of piperidine rings is 1. The standard InChI is InChI=1S/C23H24ClN3O3/c24-18-11-9-16(10-12-18)23(30)26-13-3-5-17(15-26)22(29)25-19-6-1-2-7-20(19)27-14-4-8-21(27)28/h1-2,6-7,9-12,17H,3-5,8,13-15H2,(H,25,29)/t17-/m1/s1. The predicted molar refractivity (Wildman–Crippen MR) is 117 cm³/mol. The van der Waals surface area contributed by atoms with Crippen molar-refractivity contribution in [2.45, 2.75) is 25.7 Å². The second kappa shape index (κ2) is 8.88. The lowest BCUT2D eigenvalue weighted by Crippen LogP contribution is -2.43. The molecule has 30 heavy (non-hydrogen) atoms. The molecule has 2 heterocycles. The van der Waals surface area contributed by atoms with Crippen molar-refractivity contribution < 1.29 is 14.4 Å². The fourth-order valence-electron chi connectivity index (χ4n) is 4.10. The Morgan fingerprint density at radius 3 is 2.50 bits per heavy atom. The second-order valence-electron chi connectivity index (χ2n) is 7.75. The third-order valence-corrected chi connectivity index (χ3v) is 5.95. The maximum absolute atomic E-state index is 13.0. The van der Waals surface area contributed by atoms with Crippen molar-refractivity contribution in [2.24, 2.45) is 5.92 Å². The molecule has 0 aromatic heterocycles. The van der Waals surface area contributed by atoms with Crippen molar-refractivity contribution in [3.63, 3.8) is 0 Å². The van der Waals surface area contributed by atoms with Crippen LogP contribution in [0.4, 0.5) is 11.4 Å². The minimum atomic E-state index is -0.294. The Hall–Kier alpha value is -2.86. The summed E-state index contributed by atoms with van der Waals surface area (Å²) in [5.41, 5.74) is 1.94. The topological polar surface area (TPSA) is 69.7 Å². The average Bonchev–Trinajstić information content (AvgIpc) is 3.20. The van der Waals surface area contributed by atoms with Gasteiger partial charge in [0.15, 0.2) is 0 Å². The van der Waals surface area contributed by atoms with Crippen molar-refractivity contribution in [2.75, 3.05) is 29.9 Å². The van der Waals surface area contributed by atoms with Gasteiger partial charge < -0.3 is 15.1 Å². The highest BCUT2D eigenvalue weighted by Crippen LogP contribution is 2.30. The van der Waals surface area contributed by atoms with Crippen LogP contribution < -0.4 is 10.2 Å². The molecule has 2 aliphatic rings. The van der Waals surface area contributed by atoms with Crippen LogP contribution in [-0.2, 0) is 9.59 Å². The number of para-hydroxylation sites is 2. The van der Waals surface area contributed by atoms with E-state index in [0.717, 1.165) is 24.9 Å². The molecule has 0 saturated carbocycles. The highest BCUT2D eigenvalue weighted by atomic mass is 35.5. The van der Waals surface area contributed by atoms with Crippen molar-refractivity contribution >= 4 is 40.7 Å². The van der Waals surface area contributed by atoms with Gasteiger partial charge in [0, 0.05) is 36.6 Å². The fourth-order valence-corrected chi connectivity index (χ4v) is 4.23. The van der Waals surface area contributed by atoms with Gasteiger partial charge in [-0.2, -0.15) is 0 Å². The van der Waals surface area contributed by atoms with Crippen LogP contribution in [0.5, 0.6) is 0 Å². The summed E-state index contributed by atoms with van der Waals surface area (Å²) in [4.78, 5) is 41.4. The normalized spacial score (nSPS) is 19.1. The monoisotopic (exact) mass is 425 g/mol. The smallest absolute Gasteiger partial charge is 0.253 e. The molecule has 0 radical (unpaired) electrons. The number of hydrogen-bond donors (Lipinski definition) is 1. The highest BCUT2D eigenvalue weighted by Gasteiger charge is 2.30. The van der Waals surface area contributed by atoms with Gasteiger partial charge in [0.2, 0.25) is 11.8 Å². The number of halogens is 1. The van der Waals surface area contributed by atoms with Crippen LogP contribution in [-0.4, -0.2) is 42.3 Å². The summed E-state index contributed by atoms with van der Waals surface area (Å²) in [6.07, 6.45) is 2.85. The molecule has 0 unspecified atom stereocenters. The molecule has 2 aromatic rings. The molecule has 2 fully saturated rings. The number of rotatable bonds is 4. The van der Waals surface area contributed by atoms with Gasteiger partial charge in [0.1, 0.15) is 0 Å². The molecule has 3 amide bonds. The number of nitrogens with zero attached hydrogens (tertiary/aromatic N) is 2. The Labute approximate surface area is 180 Å². The predicted octanol–water partition coefficient (Wildman–Crippen LogP) is 3.96. The third kappa shape index (κ3) is 4.33. The lowest BCUT2D eigenvalue weighted by atomic mass is 9.96. The second-order valence-corrected chi connectivity index (χ2v) is 8.19. The average molecular weight is 426 g/mol. The largest absolute Gasteiger partial charge is 0.338 e. The van der Waals surface area contributed by atoms with E-state index in [1.54, 1.807) is 34.1 Å². The maximum atomic E-state index is 13.0. The van der Waals surface area contributed by atoms with Crippen LogP contribution in [0.2, 0.25) is 5.02 Å². The minimum Gasteiger partial charge on any atom is -0.338 e. The first kappa shape index (κ1) is 20.4. The van der Waals surface area contributed by atoms with Crippen LogP contribution in [0, 0.1) is 5.92 Å². The zero-order chi connectivity index (χ0) is 21.1. The molecule has 0 aliphatic carbocycles. The van der Waals surface area contributed by atoms with Crippen molar-refractivity contribution in [3.05, 3.63) is 59.1 Å². The Balaban J connectivity index is 1.45. The van der Waals surface area contributed by atoms with Crippen LogP contribution in [0.1, 0.15) is 36.0 Å². The van der Waals surface area contributed by atoms with Gasteiger partial charge in [-0.3, -0.25) is 14.4 Å². The molecular formula is C23H24ClN3O3. The number of amides is 3. The molecule has 2 aromatic carbocycles. The molecule has 2 aliphatic heterocycles. The lowest BCUT2D eigenvalue weighted by Gasteiger charge is -2.32. The zero-order valence-corrected chi connectivity index (χ0v) is 17.4. The Bertz CT molecular complexity index is 960. The van der Waals surface area contributed by atoms with Gasteiger partial charge in [-0.05, 0) is 55.7 Å². The van der Waals surface area contributed by atoms with E-state index < -0.39 is 0 Å². The summed E-state index contributed by atoms with van der Waals surface area (Å²) >= 11 is 5.91. The Morgan fingerprint density at radius 1 is 1.00 bits per heavy atom. The minimum absolute atomic E-state index is 0.0779. The van der Waals surface area contributed by atoms with E-state index >= 15 is 0 Å². The van der Waals surface area contributed by atoms with E-state index in [9.17, 15) is 14.4 Å². The molecule has 0 bridgehead atoms. The molecular weight excluding hydrogens is 402 g/mol. The third-order valence-electron chi connectivity index (χ3n) is 5.70. The van der Waals surface area contributed by atoms with Gasteiger partial charge >= 0.3 is 0 Å². The van der Waals surface area contributed by atoms with Gasteiger partial charge in [-0.1, -0.05) is 23.7 Å². The molecule has 1 N–H and O–H groups in total. The number of nitrogens with one attached hydrogen (secondary N) is 1. The van der Waals surface area contributed by atoms with E-state index in [4.69, 9.17) is 11.6 Å². The molecule has 4 rings (SSSR count). The van der Waals surface area contributed by atoms with E-state index in [1.165, 1.54) is 0 Å². The van der Waals surface area contributed by atoms with Gasteiger partial charge in [0.25, 0.3) is 5.91 Å². The summed E-state index contributed by atoms with van der Waals surface area (Å²) in [6, 6.07) is 14.2. The summed E-state index contributed by atoms with van der Waals surface area (Å²) in [5, 5.41) is 3.58. The lowest BCUT2D eigenvalue weighted by molar-refractivity contribution is -0.121. The maximum Gasteiger partial charge on any atom is 0.253 e. The summed E-state index contributed by atoms with van der Waals surface area (Å²) in [7, 11) is 0. The number of benzene rings is 2. The van der Waals surface area contributed by atoms with Crippen LogP contribution in [0.3, 0.4) is 0 Å². The number of anilines is 2. The number of likely N-dealkylation sites (tertiary alicyclic amines) is 1. The highest BCUT2D eigenvalue weighted by molar-refractivity contribution is 6.30. The molecule has 2 saturated heterocycles. The molecule has 0 spiro atoms. The molecule has 6 nitrogen and oxygen atoms in total. The number of carbonyl (C=O) groups excluding carboxylic acids is 3. The van der Waals surface area contributed by atoms with E-state index in [-0.39, 0.29) is 23.6 Å². The molecule has 7 heteroatoms. The van der Waals surface area contributed by atoms with E-state index in [0.29, 0.717) is 42.3 Å². The quantitative estimate of drug-likeness (QED) is 0.806. The number of carbonyl (C=O) groups is 3. The summed E-state index contributed by atoms with van der Waals surface area (Å²) in [5.74, 6) is -0.429. The number of hydrogen-bond acceptors (Lipinski definition) is 3. The summed E-state index contributed by atoms with van der Waals surface area (Å²) in [6.45, 7) is 1.67. The van der Waals surface area contributed by atoms with Gasteiger partial charge in [0.05, 0.1) is 17.3 Å². The first-order chi connectivity index (χ1) is 14.5. The molecule has 156 valence electrons. The van der Waals surface area contributed by atoms with Crippen LogP contribution >= 0.6 is 11.6 Å². The first-order valence-electron chi connectivity index (χ1n) is 10.3. The van der Waals surface area contributed by atoms with Crippen LogP contribution in [0.15, 0.2) is 48.5 Å². The van der Waals surface area contributed by atoms with Gasteiger partial charge in [-0.15, -0.1) is 0 Å². The SMILES string of the molecule is O=C(Nc1ccccc1N1CCCC1=O)[C@@H]1CCCN(C(=O)c2ccc(Cl)cc2)C1. The van der Waals surface area contributed by atoms with E-state index in [1.807, 2.05) is 24.3 Å². The van der Waals surface area contributed by atoms with E-state index in [2.05, 4.69) is 5.32 Å². The fraction of sp³-hybridized carbons (Fsp3) is 0.348. The van der Waals surface area contributed by atoms with Gasteiger partial charge in [-0.25, -0.2) is 0 Å². The van der Waals surface area contributed by atoms with Crippen LogP contribution in [0.25, 0.3) is 0 Å². The summed E-state index contributed by atoms with van der Waals surface area (Å²) < 4.78 is 0. The Kier molecular flexibility index (Phi) is 6.04. The zero-order valence-electron chi connectivity index (χ0n) is 16.6. The van der Waals surface area contributed by atoms with Crippen molar-refractivity contribution in [1.82, 2.24) is 4.90 Å². The van der Waals surface area contributed by atoms with Crippen molar-refractivity contribution in [1.29, 1.82) is 0 Å². The Morgan fingerprint density at radius 2 is 1.77 bits per heavy atom. The van der Waals surface area contributed by atoms with Crippen molar-refractivity contribution in [3.8, 4) is 0 Å². The first-order valence-corrected chi connectivity index (χ1v) is 10.7. The molecule has 1 atom stereocenters.